The maximum absolute atomic E-state index is 12.7. The summed E-state index contributed by atoms with van der Waals surface area (Å²) in [6.45, 7) is 8.06. The second-order valence-electron chi connectivity index (χ2n) is 9.93. The first-order valence-electron chi connectivity index (χ1n) is 9.95. The van der Waals surface area contributed by atoms with E-state index >= 15 is 0 Å². The summed E-state index contributed by atoms with van der Waals surface area (Å²) < 4.78 is 5.20. The topological polar surface area (TPSA) is 65.0 Å². The molecule has 146 valence electrons. The first-order valence-corrected chi connectivity index (χ1v) is 9.95. The Balaban J connectivity index is 1.75. The van der Waals surface area contributed by atoms with Crippen LogP contribution in [0.1, 0.15) is 66.2 Å². The lowest BCUT2D eigenvalue weighted by atomic mass is 9.43. The van der Waals surface area contributed by atoms with Gasteiger partial charge in [-0.05, 0) is 75.9 Å². The maximum Gasteiger partial charge on any atom is 0.311 e. The van der Waals surface area contributed by atoms with E-state index in [9.17, 15) is 9.90 Å². The maximum atomic E-state index is 12.7. The lowest BCUT2D eigenvalue weighted by Crippen LogP contribution is -2.65. The minimum atomic E-state index is -0.905. The van der Waals surface area contributed by atoms with Gasteiger partial charge in [-0.25, -0.2) is 9.78 Å². The summed E-state index contributed by atoms with van der Waals surface area (Å²) in [7, 11) is 1.50. The summed E-state index contributed by atoms with van der Waals surface area (Å²) in [4.78, 5) is 24.3. The average molecular weight is 364 g/mol. The van der Waals surface area contributed by atoms with E-state index in [0.29, 0.717) is 5.92 Å². The molecule has 5 heteroatoms. The van der Waals surface area contributed by atoms with Gasteiger partial charge in [-0.2, -0.15) is 0 Å². The van der Waals surface area contributed by atoms with Crippen molar-refractivity contribution in [3.05, 3.63) is 11.6 Å². The number of rotatable bonds is 2. The highest BCUT2D eigenvalue weighted by Crippen LogP contribution is 2.67. The van der Waals surface area contributed by atoms with E-state index in [4.69, 9.17) is 14.5 Å². The summed E-state index contributed by atoms with van der Waals surface area (Å²) in [5.74, 6) is 0.506. The van der Waals surface area contributed by atoms with E-state index < -0.39 is 16.6 Å². The van der Waals surface area contributed by atoms with Gasteiger partial charge in [0.1, 0.15) is 11.7 Å². The van der Waals surface area contributed by atoms with Gasteiger partial charge in [0.25, 0.3) is 0 Å². The Morgan fingerprint density at radius 3 is 2.65 bits per heavy atom. The molecule has 3 fully saturated rings. The highest BCUT2D eigenvalue weighted by molar-refractivity contribution is 5.77. The van der Waals surface area contributed by atoms with E-state index in [1.54, 1.807) is 0 Å². The van der Waals surface area contributed by atoms with Crippen LogP contribution in [-0.2, 0) is 19.3 Å². The Morgan fingerprint density at radius 1 is 1.27 bits per heavy atom. The SMILES string of the molecule is COC(=O)[C@]1(C)CCC[C@@]2(C)[C@H]1CCC13C=C(C(C)(C)O)[C@@H](C[C@@H]12)OO3. The summed E-state index contributed by atoms with van der Waals surface area (Å²) in [5, 5.41) is 10.6. The lowest BCUT2D eigenvalue weighted by molar-refractivity contribution is -0.435. The fraction of sp³-hybridized carbons (Fsp3) is 0.857. The Morgan fingerprint density at radius 2 is 2.00 bits per heavy atom. The van der Waals surface area contributed by atoms with Crippen molar-refractivity contribution in [3.8, 4) is 0 Å². The molecule has 2 bridgehead atoms. The molecule has 5 nitrogen and oxygen atoms in total. The molecule has 1 spiro atoms. The molecule has 3 aliphatic carbocycles. The van der Waals surface area contributed by atoms with Crippen LogP contribution in [0, 0.1) is 22.7 Å². The second kappa shape index (κ2) is 5.55. The van der Waals surface area contributed by atoms with Gasteiger partial charge in [0.2, 0.25) is 0 Å². The summed E-state index contributed by atoms with van der Waals surface area (Å²) >= 11 is 0. The minimum Gasteiger partial charge on any atom is -0.469 e. The van der Waals surface area contributed by atoms with Crippen LogP contribution < -0.4 is 0 Å². The van der Waals surface area contributed by atoms with E-state index in [1.165, 1.54) is 7.11 Å². The molecule has 26 heavy (non-hydrogen) atoms. The largest absolute Gasteiger partial charge is 0.469 e. The quantitative estimate of drug-likeness (QED) is 0.461. The Hall–Kier alpha value is -0.910. The van der Waals surface area contributed by atoms with E-state index in [2.05, 4.69) is 19.9 Å². The van der Waals surface area contributed by atoms with E-state index in [-0.39, 0.29) is 23.4 Å². The molecule has 1 saturated heterocycles. The fourth-order valence-electron chi connectivity index (χ4n) is 6.83. The molecule has 0 radical (unpaired) electrons. The first kappa shape index (κ1) is 18.5. The molecule has 2 aliphatic heterocycles. The Kier molecular flexibility index (Phi) is 3.94. The monoisotopic (exact) mass is 364 g/mol. The number of hydrogen-bond donors (Lipinski definition) is 1. The standard InChI is InChI=1S/C21H32O5/c1-18(2,23)13-12-21-10-7-15-19(3,16(21)11-14(13)25-26-21)8-6-9-20(15,4)17(22)24-5/h12,14-16,23H,6-11H2,1-5H3/t14-,15-,16-,19+,20-,21?/m1/s1. The number of carbonyl (C=O) groups excluding carboxylic acids is 1. The fourth-order valence-corrected chi connectivity index (χ4v) is 6.83. The molecule has 6 atom stereocenters. The summed E-state index contributed by atoms with van der Waals surface area (Å²) in [6, 6.07) is 0. The van der Waals surface area contributed by atoms with Crippen molar-refractivity contribution in [3.63, 3.8) is 0 Å². The van der Waals surface area contributed by atoms with Gasteiger partial charge in [-0.15, -0.1) is 0 Å². The smallest absolute Gasteiger partial charge is 0.311 e. The molecule has 0 amide bonds. The molecule has 0 aromatic heterocycles. The number of ether oxygens (including phenoxy) is 1. The van der Waals surface area contributed by atoms with Gasteiger partial charge in [-0.1, -0.05) is 13.3 Å². The van der Waals surface area contributed by atoms with Crippen molar-refractivity contribution in [1.29, 1.82) is 0 Å². The molecule has 2 heterocycles. The first-order chi connectivity index (χ1) is 12.1. The number of methoxy groups -OCH3 is 1. The van der Waals surface area contributed by atoms with Crippen molar-refractivity contribution >= 4 is 5.97 Å². The van der Waals surface area contributed by atoms with Crippen LogP contribution in [0.5, 0.6) is 0 Å². The van der Waals surface area contributed by atoms with Crippen molar-refractivity contribution < 1.29 is 24.4 Å². The normalized spacial score (nSPS) is 47.6. The third-order valence-electron chi connectivity index (χ3n) is 8.06. The lowest BCUT2D eigenvalue weighted by Gasteiger charge is -2.65. The Labute approximate surface area is 156 Å². The third-order valence-corrected chi connectivity index (χ3v) is 8.06. The molecule has 1 N–H and O–H groups in total. The molecule has 1 unspecified atom stereocenters. The van der Waals surface area contributed by atoms with Gasteiger partial charge in [0, 0.05) is 5.92 Å². The van der Waals surface area contributed by atoms with Crippen LogP contribution in [0.2, 0.25) is 0 Å². The number of fused-ring (bicyclic) bond motifs is 2. The number of hydrogen-bond acceptors (Lipinski definition) is 5. The van der Waals surface area contributed by atoms with Crippen molar-refractivity contribution in [1.82, 2.24) is 0 Å². The highest BCUT2D eigenvalue weighted by atomic mass is 17.2. The minimum absolute atomic E-state index is 0.00307. The van der Waals surface area contributed by atoms with Crippen molar-refractivity contribution in [2.75, 3.05) is 7.11 Å². The molecule has 5 rings (SSSR count). The summed E-state index contributed by atoms with van der Waals surface area (Å²) in [5.41, 5.74) is -0.873. The molecule has 2 saturated carbocycles. The number of esters is 1. The zero-order valence-electron chi connectivity index (χ0n) is 16.6. The van der Waals surface area contributed by atoms with E-state index in [1.807, 2.05) is 13.8 Å². The van der Waals surface area contributed by atoms with Crippen molar-refractivity contribution in [2.45, 2.75) is 83.5 Å². The van der Waals surface area contributed by atoms with Gasteiger partial charge < -0.3 is 9.84 Å². The number of aliphatic hydroxyl groups is 1. The van der Waals surface area contributed by atoms with Gasteiger partial charge >= 0.3 is 5.97 Å². The zero-order valence-corrected chi connectivity index (χ0v) is 16.6. The summed E-state index contributed by atoms with van der Waals surface area (Å²) in [6.07, 6.45) is 7.53. The van der Waals surface area contributed by atoms with Crippen LogP contribution in [0.15, 0.2) is 11.6 Å². The molecule has 5 aliphatic rings. The predicted molar refractivity (Wildman–Crippen MR) is 96.0 cm³/mol. The number of carbonyl (C=O) groups is 1. The van der Waals surface area contributed by atoms with Gasteiger partial charge in [0.05, 0.1) is 18.1 Å². The second-order valence-corrected chi connectivity index (χ2v) is 9.93. The molecular formula is C21H32O5. The molecule has 0 aromatic rings. The highest BCUT2D eigenvalue weighted by Gasteiger charge is 2.67. The van der Waals surface area contributed by atoms with Crippen LogP contribution in [0.25, 0.3) is 0 Å². The molecular weight excluding hydrogens is 332 g/mol. The van der Waals surface area contributed by atoms with Crippen molar-refractivity contribution in [2.24, 2.45) is 22.7 Å². The zero-order chi connectivity index (χ0) is 19.0. The van der Waals surface area contributed by atoms with Gasteiger partial charge in [0.15, 0.2) is 0 Å². The van der Waals surface area contributed by atoms with Crippen LogP contribution in [0.4, 0.5) is 0 Å². The van der Waals surface area contributed by atoms with Gasteiger partial charge in [-0.3, -0.25) is 4.79 Å². The van der Waals surface area contributed by atoms with Crippen LogP contribution in [0.3, 0.4) is 0 Å². The molecule has 0 aromatic carbocycles. The van der Waals surface area contributed by atoms with Crippen LogP contribution >= 0.6 is 0 Å². The Bertz CT molecular complexity index is 649. The third kappa shape index (κ3) is 2.29. The van der Waals surface area contributed by atoms with Crippen LogP contribution in [-0.4, -0.2) is 35.5 Å². The predicted octanol–water partition coefficient (Wildman–Crippen LogP) is 3.55. The van der Waals surface area contributed by atoms with E-state index in [0.717, 1.165) is 44.1 Å². The average Bonchev–Trinajstić information content (AvgIpc) is 2.59.